The number of benzene rings is 1. The van der Waals surface area contributed by atoms with Crippen LogP contribution in [0.25, 0.3) is 0 Å². The summed E-state index contributed by atoms with van der Waals surface area (Å²) in [6, 6.07) is 8.71. The Kier molecular flexibility index (Phi) is 7.91. The molecule has 0 atom stereocenters. The summed E-state index contributed by atoms with van der Waals surface area (Å²) in [6.45, 7) is 0. The van der Waals surface area contributed by atoms with Gasteiger partial charge in [0, 0.05) is 21.7 Å². The van der Waals surface area contributed by atoms with Crippen molar-refractivity contribution in [1.29, 1.82) is 0 Å². The van der Waals surface area contributed by atoms with E-state index < -0.39 is 0 Å². The van der Waals surface area contributed by atoms with Crippen LogP contribution in [0.2, 0.25) is 0 Å². The third-order valence-electron chi connectivity index (χ3n) is 0.756. The molecule has 0 spiro atoms. The van der Waals surface area contributed by atoms with Gasteiger partial charge >= 0.3 is 0 Å². The van der Waals surface area contributed by atoms with Crippen LogP contribution >= 0.6 is 0 Å². The van der Waals surface area contributed by atoms with E-state index in [1.165, 1.54) is 0 Å². The Morgan fingerprint density at radius 1 is 1.00 bits per heavy atom. The van der Waals surface area contributed by atoms with Crippen molar-refractivity contribution in [3.05, 3.63) is 30.3 Å². The Balaban J connectivity index is 0. The van der Waals surface area contributed by atoms with Gasteiger partial charge < -0.3 is 5.11 Å². The average Bonchev–Trinajstić information content (AvgIpc) is 1.69. The molecule has 0 amide bonds. The van der Waals surface area contributed by atoms with E-state index in [0.717, 1.165) is 0 Å². The van der Waals surface area contributed by atoms with E-state index in [-0.39, 0.29) is 32.7 Å². The number of para-hydroxylation sites is 1. The third-order valence-corrected chi connectivity index (χ3v) is 0.756. The second-order valence-electron chi connectivity index (χ2n) is 1.34. The maximum Gasteiger partial charge on any atom is 0.115 e. The summed E-state index contributed by atoms with van der Waals surface area (Å²) in [7, 11) is 0. The zero-order chi connectivity index (χ0) is 5.11. The van der Waals surface area contributed by atoms with Gasteiger partial charge in [-0.25, -0.2) is 0 Å². The first-order valence-electron chi connectivity index (χ1n) is 2.13. The van der Waals surface area contributed by atoms with Crippen molar-refractivity contribution in [2.75, 3.05) is 0 Å². The molecule has 1 aromatic rings. The van der Waals surface area contributed by atoms with Gasteiger partial charge in [0.05, 0.1) is 0 Å². The van der Waals surface area contributed by atoms with Gasteiger partial charge in [-0.3, -0.25) is 0 Å². The third kappa shape index (κ3) is 4.45. The van der Waals surface area contributed by atoms with E-state index in [2.05, 4.69) is 0 Å². The molecule has 0 radical (unpaired) electrons. The molecular formula is C6H10OSiTi. The van der Waals surface area contributed by atoms with Crippen molar-refractivity contribution in [2.45, 2.75) is 0 Å². The second-order valence-corrected chi connectivity index (χ2v) is 1.34. The summed E-state index contributed by atoms with van der Waals surface area (Å²) in [5, 5.41) is 8.63. The smallest absolute Gasteiger partial charge is 0.115 e. The molecule has 1 N–H and O–H groups in total. The predicted molar refractivity (Wildman–Crippen MR) is 39.4 cm³/mol. The minimum Gasteiger partial charge on any atom is -0.508 e. The second kappa shape index (κ2) is 6.08. The predicted octanol–water partition coefficient (Wildman–Crippen LogP) is -0.0619. The van der Waals surface area contributed by atoms with Crippen molar-refractivity contribution in [2.24, 2.45) is 0 Å². The molecule has 0 aliphatic rings. The summed E-state index contributed by atoms with van der Waals surface area (Å²) in [5.74, 6) is 0.322. The van der Waals surface area contributed by atoms with Gasteiger partial charge in [0.2, 0.25) is 0 Å². The van der Waals surface area contributed by atoms with E-state index in [1.54, 1.807) is 24.3 Å². The van der Waals surface area contributed by atoms with Crippen molar-refractivity contribution in [3.63, 3.8) is 0 Å². The fraction of sp³-hybridized carbons (Fsp3) is 0. The van der Waals surface area contributed by atoms with Gasteiger partial charge in [0.1, 0.15) is 5.75 Å². The molecular weight excluding hydrogens is 164 g/mol. The van der Waals surface area contributed by atoms with E-state index >= 15 is 0 Å². The molecule has 0 fully saturated rings. The normalized spacial score (nSPS) is 6.67. The van der Waals surface area contributed by atoms with Crippen LogP contribution in [0.1, 0.15) is 0 Å². The molecule has 1 rings (SSSR count). The Hall–Kier alpha value is -0.0488. The molecule has 1 aromatic carbocycles. The van der Waals surface area contributed by atoms with Crippen molar-refractivity contribution < 1.29 is 26.8 Å². The maximum absolute atomic E-state index is 8.63. The zero-order valence-electron chi connectivity index (χ0n) is 4.33. The maximum atomic E-state index is 8.63. The quantitative estimate of drug-likeness (QED) is 0.546. The van der Waals surface area contributed by atoms with Crippen molar-refractivity contribution in [3.8, 4) is 5.75 Å². The number of phenols is 1. The van der Waals surface area contributed by atoms with E-state index in [0.29, 0.717) is 5.75 Å². The minimum atomic E-state index is 0. The zero-order valence-corrected chi connectivity index (χ0v) is 5.90. The Bertz CT molecular complexity index is 143. The van der Waals surface area contributed by atoms with Gasteiger partial charge in [-0.05, 0) is 23.1 Å². The first-order chi connectivity index (χ1) is 3.39. The van der Waals surface area contributed by atoms with E-state index in [1.807, 2.05) is 6.07 Å². The summed E-state index contributed by atoms with van der Waals surface area (Å²) in [5.41, 5.74) is 0. The van der Waals surface area contributed by atoms with Crippen molar-refractivity contribution >= 4 is 11.0 Å². The van der Waals surface area contributed by atoms with Crippen molar-refractivity contribution in [1.82, 2.24) is 0 Å². The number of hydrogen-bond acceptors (Lipinski definition) is 1. The Labute approximate surface area is 74.0 Å². The molecule has 0 unspecified atom stereocenters. The van der Waals surface area contributed by atoms with Crippen LogP contribution < -0.4 is 0 Å². The molecule has 0 bridgehead atoms. The van der Waals surface area contributed by atoms with Crippen LogP contribution in [0, 0.1) is 0 Å². The van der Waals surface area contributed by atoms with Crippen LogP contribution in [0.3, 0.4) is 0 Å². The average molecular weight is 174 g/mol. The monoisotopic (exact) mass is 174 g/mol. The van der Waals surface area contributed by atoms with Gasteiger partial charge in [0.15, 0.2) is 0 Å². The van der Waals surface area contributed by atoms with Crippen LogP contribution in [-0.4, -0.2) is 16.1 Å². The SMILES string of the molecule is Oc1ccccc1.[SiH4].[Ti]. The molecule has 1 nitrogen and oxygen atoms in total. The number of rotatable bonds is 0. The van der Waals surface area contributed by atoms with Crippen LogP contribution in [0.15, 0.2) is 30.3 Å². The Morgan fingerprint density at radius 3 is 1.67 bits per heavy atom. The first kappa shape index (κ1) is 11.7. The standard InChI is InChI=1S/C6H6O.H4Si.Ti/c7-6-4-2-1-3-5-6;;/h1-5,7H;1H4;. The summed E-state index contributed by atoms with van der Waals surface area (Å²) >= 11 is 0. The van der Waals surface area contributed by atoms with Crippen LogP contribution in [0.4, 0.5) is 0 Å². The molecule has 9 heavy (non-hydrogen) atoms. The molecule has 0 saturated carbocycles. The molecule has 48 valence electrons. The van der Waals surface area contributed by atoms with Gasteiger partial charge in [-0.1, -0.05) is 18.2 Å². The fourth-order valence-corrected chi connectivity index (χ4v) is 0.428. The molecule has 0 saturated heterocycles. The number of aromatic hydroxyl groups is 1. The van der Waals surface area contributed by atoms with Gasteiger partial charge in [-0.15, -0.1) is 0 Å². The molecule has 0 aliphatic heterocycles. The Morgan fingerprint density at radius 2 is 1.44 bits per heavy atom. The number of hydrogen-bond donors (Lipinski definition) is 1. The van der Waals surface area contributed by atoms with Gasteiger partial charge in [-0.2, -0.15) is 0 Å². The van der Waals surface area contributed by atoms with Crippen LogP contribution in [-0.2, 0) is 21.7 Å². The van der Waals surface area contributed by atoms with E-state index in [4.69, 9.17) is 5.11 Å². The van der Waals surface area contributed by atoms with Gasteiger partial charge in [0.25, 0.3) is 0 Å². The first-order valence-corrected chi connectivity index (χ1v) is 2.13. The van der Waals surface area contributed by atoms with E-state index in [9.17, 15) is 0 Å². The van der Waals surface area contributed by atoms with Crippen LogP contribution in [0.5, 0.6) is 5.75 Å². The largest absolute Gasteiger partial charge is 0.508 e. The summed E-state index contributed by atoms with van der Waals surface area (Å²) < 4.78 is 0. The summed E-state index contributed by atoms with van der Waals surface area (Å²) in [4.78, 5) is 0. The molecule has 0 aromatic heterocycles. The molecule has 3 heteroatoms. The molecule has 0 heterocycles. The topological polar surface area (TPSA) is 20.2 Å². The number of phenolic OH excluding ortho intramolecular Hbond substituents is 1. The minimum absolute atomic E-state index is 0. The fourth-order valence-electron chi connectivity index (χ4n) is 0.428. The summed E-state index contributed by atoms with van der Waals surface area (Å²) in [6.07, 6.45) is 0. The molecule has 0 aliphatic carbocycles.